The number of thiol groups is 1. The molecule has 0 heterocycles. The number of carbonyl (C=O) groups is 1. The second-order valence-electron chi connectivity index (χ2n) is 2.79. The number of carbonyl (C=O) groups excluding carboxylic acids is 1. The minimum atomic E-state index is -0.205. The number of hydrogen-bond donors (Lipinski definition) is 1. The molecular formula is C9H18O2S. The summed E-state index contributed by atoms with van der Waals surface area (Å²) in [6.07, 6.45) is 4.75. The van der Waals surface area contributed by atoms with Crippen molar-refractivity contribution in [1.29, 1.82) is 0 Å². The lowest BCUT2D eigenvalue weighted by Gasteiger charge is -2.10. The van der Waals surface area contributed by atoms with Gasteiger partial charge in [-0.05, 0) is 12.8 Å². The molecule has 1 atom stereocenters. The van der Waals surface area contributed by atoms with Crippen LogP contribution < -0.4 is 0 Å². The van der Waals surface area contributed by atoms with Gasteiger partial charge in [0.05, 0.1) is 0 Å². The maximum atomic E-state index is 10.8. The van der Waals surface area contributed by atoms with E-state index >= 15 is 0 Å². The van der Waals surface area contributed by atoms with Gasteiger partial charge in [-0.1, -0.05) is 26.7 Å². The van der Waals surface area contributed by atoms with E-state index < -0.39 is 0 Å². The number of esters is 1. The van der Waals surface area contributed by atoms with Crippen LogP contribution in [0.4, 0.5) is 0 Å². The van der Waals surface area contributed by atoms with Crippen LogP contribution in [0.1, 0.15) is 46.0 Å². The molecule has 0 aliphatic carbocycles. The number of ether oxygens (including phenoxy) is 1. The van der Waals surface area contributed by atoms with E-state index in [0.717, 1.165) is 12.8 Å². The Hall–Kier alpha value is -0.180. The highest BCUT2D eigenvalue weighted by atomic mass is 32.1. The van der Waals surface area contributed by atoms with E-state index in [1.807, 2.05) is 0 Å². The summed E-state index contributed by atoms with van der Waals surface area (Å²) in [4.78, 5) is 10.8. The monoisotopic (exact) mass is 190 g/mol. The first kappa shape index (κ1) is 11.8. The van der Waals surface area contributed by atoms with E-state index in [1.165, 1.54) is 12.8 Å². The van der Waals surface area contributed by atoms with Gasteiger partial charge in [0.15, 0.2) is 0 Å². The number of rotatable bonds is 6. The zero-order valence-corrected chi connectivity index (χ0v) is 8.77. The molecule has 0 bridgehead atoms. The molecule has 0 N–H and O–H groups in total. The Morgan fingerprint density at radius 3 is 2.58 bits per heavy atom. The minimum absolute atomic E-state index is 0.161. The second-order valence-corrected chi connectivity index (χ2v) is 3.37. The molecule has 0 aliphatic rings. The summed E-state index contributed by atoms with van der Waals surface area (Å²) >= 11 is 4.15. The van der Waals surface area contributed by atoms with Crippen molar-refractivity contribution in [1.82, 2.24) is 0 Å². The molecule has 12 heavy (non-hydrogen) atoms. The molecule has 0 amide bonds. The molecular weight excluding hydrogens is 172 g/mol. The molecule has 0 aromatic carbocycles. The van der Waals surface area contributed by atoms with Crippen LogP contribution in [0.3, 0.4) is 0 Å². The van der Waals surface area contributed by atoms with Crippen molar-refractivity contribution in [2.24, 2.45) is 0 Å². The summed E-state index contributed by atoms with van der Waals surface area (Å²) in [5, 5.41) is 0. The van der Waals surface area contributed by atoms with Crippen LogP contribution in [0.2, 0.25) is 0 Å². The number of hydrogen-bond acceptors (Lipinski definition) is 3. The van der Waals surface area contributed by atoms with Crippen LogP contribution in [0, 0.1) is 0 Å². The van der Waals surface area contributed by atoms with Gasteiger partial charge in [-0.2, -0.15) is 0 Å². The van der Waals surface area contributed by atoms with Crippen LogP contribution in [0.15, 0.2) is 0 Å². The van der Waals surface area contributed by atoms with E-state index in [4.69, 9.17) is 4.74 Å². The quantitative estimate of drug-likeness (QED) is 0.302. The Morgan fingerprint density at radius 2 is 2.08 bits per heavy atom. The van der Waals surface area contributed by atoms with E-state index in [0.29, 0.717) is 6.42 Å². The third-order valence-corrected chi connectivity index (χ3v) is 1.97. The van der Waals surface area contributed by atoms with Gasteiger partial charge in [0.25, 0.3) is 0 Å². The van der Waals surface area contributed by atoms with Gasteiger partial charge < -0.3 is 4.74 Å². The molecule has 3 heteroatoms. The van der Waals surface area contributed by atoms with Gasteiger partial charge in [-0.3, -0.25) is 4.79 Å². The lowest BCUT2D eigenvalue weighted by atomic mass is 10.2. The van der Waals surface area contributed by atoms with E-state index in [9.17, 15) is 4.79 Å². The Kier molecular flexibility index (Phi) is 7.36. The van der Waals surface area contributed by atoms with Crippen LogP contribution in [-0.4, -0.2) is 11.4 Å². The first-order valence-corrected chi connectivity index (χ1v) is 5.09. The van der Waals surface area contributed by atoms with Gasteiger partial charge in [-0.15, -0.1) is 12.6 Å². The van der Waals surface area contributed by atoms with Crippen LogP contribution in [-0.2, 0) is 9.53 Å². The van der Waals surface area contributed by atoms with E-state index in [-0.39, 0.29) is 11.4 Å². The summed E-state index contributed by atoms with van der Waals surface area (Å²) in [5.41, 5.74) is -0.205. The summed E-state index contributed by atoms with van der Waals surface area (Å²) in [6, 6.07) is 0. The van der Waals surface area contributed by atoms with E-state index in [1.54, 1.807) is 6.92 Å². The predicted molar refractivity (Wildman–Crippen MR) is 53.3 cm³/mol. The molecule has 0 saturated heterocycles. The first-order chi connectivity index (χ1) is 5.70. The molecule has 0 radical (unpaired) electrons. The number of unbranched alkanes of at least 4 members (excludes halogenated alkanes) is 2. The normalized spacial score (nSPS) is 12.6. The third-order valence-electron chi connectivity index (χ3n) is 1.61. The van der Waals surface area contributed by atoms with Crippen molar-refractivity contribution in [3.63, 3.8) is 0 Å². The van der Waals surface area contributed by atoms with Crippen LogP contribution in [0.5, 0.6) is 0 Å². The molecule has 1 unspecified atom stereocenters. The fourth-order valence-electron chi connectivity index (χ4n) is 0.863. The van der Waals surface area contributed by atoms with Crippen molar-refractivity contribution in [2.75, 3.05) is 0 Å². The summed E-state index contributed by atoms with van der Waals surface area (Å²) in [5.74, 6) is -0.161. The first-order valence-electron chi connectivity index (χ1n) is 4.58. The smallest absolute Gasteiger partial charge is 0.306 e. The largest absolute Gasteiger partial charge is 0.452 e. The molecule has 0 aromatic heterocycles. The SMILES string of the molecule is CCCCCC(S)OC(=O)CC. The summed E-state index contributed by atoms with van der Waals surface area (Å²) in [7, 11) is 0. The minimum Gasteiger partial charge on any atom is -0.452 e. The highest BCUT2D eigenvalue weighted by molar-refractivity contribution is 7.80. The molecule has 0 rings (SSSR count). The van der Waals surface area contributed by atoms with Gasteiger partial charge in [0.1, 0.15) is 5.44 Å². The molecule has 0 saturated carbocycles. The molecule has 2 nitrogen and oxygen atoms in total. The van der Waals surface area contributed by atoms with Gasteiger partial charge in [-0.25, -0.2) is 0 Å². The van der Waals surface area contributed by atoms with Crippen molar-refractivity contribution in [2.45, 2.75) is 51.4 Å². The molecule has 0 aromatic rings. The molecule has 0 fully saturated rings. The van der Waals surface area contributed by atoms with Crippen molar-refractivity contribution >= 4 is 18.6 Å². The Balaban J connectivity index is 3.32. The Labute approximate surface area is 80.1 Å². The van der Waals surface area contributed by atoms with Gasteiger partial charge in [0, 0.05) is 6.42 Å². The average molecular weight is 190 g/mol. The van der Waals surface area contributed by atoms with Crippen molar-refractivity contribution in [3.05, 3.63) is 0 Å². The predicted octanol–water partition coefficient (Wildman–Crippen LogP) is 2.78. The fraction of sp³-hybridized carbons (Fsp3) is 0.889. The summed E-state index contributed by atoms with van der Waals surface area (Å²) in [6.45, 7) is 3.93. The van der Waals surface area contributed by atoms with Crippen LogP contribution >= 0.6 is 12.6 Å². The zero-order valence-electron chi connectivity index (χ0n) is 7.88. The fourth-order valence-corrected chi connectivity index (χ4v) is 1.16. The highest BCUT2D eigenvalue weighted by Crippen LogP contribution is 2.10. The lowest BCUT2D eigenvalue weighted by molar-refractivity contribution is -0.144. The van der Waals surface area contributed by atoms with Crippen LogP contribution in [0.25, 0.3) is 0 Å². The Morgan fingerprint density at radius 1 is 1.42 bits per heavy atom. The lowest BCUT2D eigenvalue weighted by Crippen LogP contribution is -2.11. The Bertz CT molecular complexity index is 126. The van der Waals surface area contributed by atoms with Crippen molar-refractivity contribution in [3.8, 4) is 0 Å². The standard InChI is InChI=1S/C9H18O2S/c1-3-5-6-7-9(12)11-8(10)4-2/h9,12H,3-7H2,1-2H3. The topological polar surface area (TPSA) is 26.3 Å². The molecule has 72 valence electrons. The zero-order chi connectivity index (χ0) is 9.40. The van der Waals surface area contributed by atoms with Crippen molar-refractivity contribution < 1.29 is 9.53 Å². The molecule has 0 aliphatic heterocycles. The molecule has 0 spiro atoms. The van der Waals surface area contributed by atoms with E-state index in [2.05, 4.69) is 19.6 Å². The average Bonchev–Trinajstić information content (AvgIpc) is 2.05. The second kappa shape index (κ2) is 7.47. The van der Waals surface area contributed by atoms with Gasteiger partial charge in [0.2, 0.25) is 0 Å². The highest BCUT2D eigenvalue weighted by Gasteiger charge is 2.06. The summed E-state index contributed by atoms with van der Waals surface area (Å²) < 4.78 is 4.97. The maximum Gasteiger partial charge on any atom is 0.306 e. The maximum absolute atomic E-state index is 10.8. The van der Waals surface area contributed by atoms with Gasteiger partial charge >= 0.3 is 5.97 Å². The third kappa shape index (κ3) is 6.53.